The molecule has 0 amide bonds. The summed E-state index contributed by atoms with van der Waals surface area (Å²) in [5.41, 5.74) is 1.14. The van der Waals surface area contributed by atoms with Crippen molar-refractivity contribution in [3.63, 3.8) is 0 Å². The number of rotatable bonds is 22. The highest BCUT2D eigenvalue weighted by atomic mass is 32.2. The van der Waals surface area contributed by atoms with Crippen molar-refractivity contribution in [2.24, 2.45) is 0 Å². The van der Waals surface area contributed by atoms with E-state index in [1.54, 1.807) is 12.1 Å². The molecule has 236 valence electrons. The van der Waals surface area contributed by atoms with Crippen molar-refractivity contribution < 1.29 is 34.8 Å². The fourth-order valence-electron chi connectivity index (χ4n) is 5.03. The van der Waals surface area contributed by atoms with Gasteiger partial charge in [-0.1, -0.05) is 84.1 Å². The summed E-state index contributed by atoms with van der Waals surface area (Å²) in [6, 6.07) is 6.18. The number of aryl methyl sites for hydroxylation is 2. The third-order valence-corrected chi connectivity index (χ3v) is 9.89. The van der Waals surface area contributed by atoms with Gasteiger partial charge in [0.2, 0.25) is 0 Å². The third kappa shape index (κ3) is 11.5. The van der Waals surface area contributed by atoms with Crippen molar-refractivity contribution in [3.8, 4) is 0 Å². The smallest absolute Gasteiger partial charge is 0.297 e. The minimum atomic E-state index is -4.27. The SMILES string of the molecule is CCCCCCCCc1cc2cc(S(=O)(=O)OCC(C)=O)ccc2c(CCCCCCCC)c1S(=O)(=O)OCC(C)=O. The summed E-state index contributed by atoms with van der Waals surface area (Å²) in [5, 5.41) is 1.20. The van der Waals surface area contributed by atoms with Gasteiger partial charge < -0.3 is 0 Å². The Kier molecular flexibility index (Phi) is 15.3. The van der Waals surface area contributed by atoms with Gasteiger partial charge in [-0.2, -0.15) is 16.8 Å². The third-order valence-electron chi connectivity index (χ3n) is 7.20. The first-order valence-electron chi connectivity index (χ1n) is 15.3. The van der Waals surface area contributed by atoms with Gasteiger partial charge in [-0.25, -0.2) is 0 Å². The monoisotopic (exact) mass is 624 g/mol. The van der Waals surface area contributed by atoms with Gasteiger partial charge in [0, 0.05) is 0 Å². The van der Waals surface area contributed by atoms with E-state index < -0.39 is 45.0 Å². The highest BCUT2D eigenvalue weighted by Gasteiger charge is 2.27. The van der Waals surface area contributed by atoms with E-state index in [-0.39, 0.29) is 9.79 Å². The molecule has 0 bridgehead atoms. The first kappa shape index (κ1) is 36.1. The number of Topliss-reactive ketones (excluding diaryl/α,β-unsaturated/α-hetero) is 2. The molecule has 42 heavy (non-hydrogen) atoms. The maximum absolute atomic E-state index is 13.6. The van der Waals surface area contributed by atoms with E-state index in [1.165, 1.54) is 26.0 Å². The molecule has 0 spiro atoms. The lowest BCUT2D eigenvalue weighted by Crippen LogP contribution is -2.17. The summed E-state index contributed by atoms with van der Waals surface area (Å²) in [6.07, 6.45) is 13.2. The second kappa shape index (κ2) is 17.9. The van der Waals surface area contributed by atoms with Crippen LogP contribution in [0, 0.1) is 0 Å². The summed E-state index contributed by atoms with van der Waals surface area (Å²) < 4.78 is 63.0. The van der Waals surface area contributed by atoms with Gasteiger partial charge in [-0.15, -0.1) is 0 Å². The molecule has 0 aliphatic heterocycles. The Morgan fingerprint density at radius 3 is 1.69 bits per heavy atom. The Bertz CT molecular complexity index is 1400. The Morgan fingerprint density at radius 2 is 1.14 bits per heavy atom. The van der Waals surface area contributed by atoms with Crippen LogP contribution in [-0.4, -0.2) is 41.6 Å². The number of benzene rings is 2. The van der Waals surface area contributed by atoms with Crippen LogP contribution in [0.25, 0.3) is 10.8 Å². The topological polar surface area (TPSA) is 121 Å². The molecule has 0 radical (unpaired) electrons. The average molecular weight is 625 g/mol. The van der Waals surface area contributed by atoms with Crippen LogP contribution in [-0.2, 0) is 51.0 Å². The van der Waals surface area contributed by atoms with Gasteiger partial charge in [0.1, 0.15) is 18.1 Å². The predicted octanol–water partition coefficient (Wildman–Crippen LogP) is 7.23. The molecule has 0 N–H and O–H groups in total. The number of unbranched alkanes of at least 4 members (excludes halogenated alkanes) is 10. The number of hydrogen-bond donors (Lipinski definition) is 0. The fourth-order valence-corrected chi connectivity index (χ4v) is 7.43. The quantitative estimate of drug-likeness (QED) is 0.0993. The van der Waals surface area contributed by atoms with E-state index >= 15 is 0 Å². The van der Waals surface area contributed by atoms with Crippen molar-refractivity contribution in [1.82, 2.24) is 0 Å². The standard InChI is InChI=1S/C32H48O8S2/c1-5-7-9-11-13-15-17-27-21-28-22-29(41(35,36)39-23-25(3)33)19-20-30(28)31(18-16-14-12-10-8-6-2)32(27)42(37,38)40-24-26(4)34/h19-22H,5-18,23-24H2,1-4H3. The summed E-state index contributed by atoms with van der Waals surface area (Å²) in [6.45, 7) is 5.72. The van der Waals surface area contributed by atoms with Crippen LogP contribution in [0.15, 0.2) is 34.1 Å². The van der Waals surface area contributed by atoms with Crippen LogP contribution in [0.1, 0.15) is 116 Å². The van der Waals surface area contributed by atoms with Crippen LogP contribution < -0.4 is 0 Å². The fraction of sp³-hybridized carbons (Fsp3) is 0.625. The number of carbonyl (C=O) groups excluding carboxylic acids is 2. The molecule has 10 heteroatoms. The molecule has 0 aliphatic rings. The zero-order chi connectivity index (χ0) is 31.2. The number of ketones is 2. The maximum atomic E-state index is 13.6. The molecule has 0 saturated heterocycles. The Balaban J connectivity index is 2.63. The predicted molar refractivity (Wildman–Crippen MR) is 166 cm³/mol. The molecule has 0 saturated carbocycles. The zero-order valence-corrected chi connectivity index (χ0v) is 27.3. The summed E-state index contributed by atoms with van der Waals surface area (Å²) in [5.74, 6) is -0.808. The number of fused-ring (bicyclic) bond motifs is 1. The highest BCUT2D eigenvalue weighted by Crippen LogP contribution is 2.35. The van der Waals surface area contributed by atoms with E-state index in [4.69, 9.17) is 8.37 Å². The molecule has 2 aromatic carbocycles. The Morgan fingerprint density at radius 1 is 0.643 bits per heavy atom. The lowest BCUT2D eigenvalue weighted by Gasteiger charge is -2.19. The van der Waals surface area contributed by atoms with E-state index in [0.29, 0.717) is 34.7 Å². The molecule has 0 atom stereocenters. The molecule has 0 fully saturated rings. The molecular formula is C32H48O8S2. The van der Waals surface area contributed by atoms with E-state index in [2.05, 4.69) is 13.8 Å². The maximum Gasteiger partial charge on any atom is 0.297 e. The highest BCUT2D eigenvalue weighted by molar-refractivity contribution is 7.87. The number of hydrogen-bond acceptors (Lipinski definition) is 8. The molecule has 2 aromatic rings. The van der Waals surface area contributed by atoms with Crippen LogP contribution in [0.5, 0.6) is 0 Å². The van der Waals surface area contributed by atoms with E-state index in [0.717, 1.165) is 77.0 Å². The van der Waals surface area contributed by atoms with Crippen LogP contribution in [0.2, 0.25) is 0 Å². The van der Waals surface area contributed by atoms with E-state index in [9.17, 15) is 26.4 Å². The summed E-state index contributed by atoms with van der Waals surface area (Å²) >= 11 is 0. The van der Waals surface area contributed by atoms with Crippen LogP contribution >= 0.6 is 0 Å². The second-order valence-electron chi connectivity index (χ2n) is 11.1. The zero-order valence-electron chi connectivity index (χ0n) is 25.7. The summed E-state index contributed by atoms with van der Waals surface area (Å²) in [4.78, 5) is 23.0. The molecule has 0 aliphatic carbocycles. The lowest BCUT2D eigenvalue weighted by atomic mass is 9.94. The molecule has 0 heterocycles. The van der Waals surface area contributed by atoms with Crippen LogP contribution in [0.4, 0.5) is 0 Å². The largest absolute Gasteiger partial charge is 0.297 e. The number of carbonyl (C=O) groups is 2. The van der Waals surface area contributed by atoms with Crippen molar-refractivity contribution in [1.29, 1.82) is 0 Å². The first-order chi connectivity index (χ1) is 19.9. The van der Waals surface area contributed by atoms with Gasteiger partial charge in [0.15, 0.2) is 11.6 Å². The van der Waals surface area contributed by atoms with Gasteiger partial charge >= 0.3 is 0 Å². The molecular weight excluding hydrogens is 576 g/mol. The lowest BCUT2D eigenvalue weighted by molar-refractivity contribution is -0.119. The summed E-state index contributed by atoms with van der Waals surface area (Å²) in [7, 11) is -8.46. The van der Waals surface area contributed by atoms with Crippen molar-refractivity contribution >= 4 is 42.6 Å². The van der Waals surface area contributed by atoms with Gasteiger partial charge in [-0.3, -0.25) is 18.0 Å². The minimum Gasteiger partial charge on any atom is -0.297 e. The van der Waals surface area contributed by atoms with Gasteiger partial charge in [0.25, 0.3) is 20.2 Å². The average Bonchev–Trinajstić information content (AvgIpc) is 2.94. The van der Waals surface area contributed by atoms with Crippen molar-refractivity contribution in [3.05, 3.63) is 35.4 Å². The van der Waals surface area contributed by atoms with E-state index in [1.807, 2.05) is 0 Å². The Labute approximate surface area is 252 Å². The van der Waals surface area contributed by atoms with Crippen molar-refractivity contribution in [2.75, 3.05) is 13.2 Å². The molecule has 2 rings (SSSR count). The van der Waals surface area contributed by atoms with Crippen molar-refractivity contribution in [2.45, 2.75) is 127 Å². The molecule has 8 nitrogen and oxygen atoms in total. The Hall–Kier alpha value is -2.14. The van der Waals surface area contributed by atoms with Crippen LogP contribution in [0.3, 0.4) is 0 Å². The normalized spacial score (nSPS) is 12.2. The second-order valence-corrected chi connectivity index (χ2v) is 14.3. The molecule has 0 unspecified atom stereocenters. The molecule has 0 aromatic heterocycles. The first-order valence-corrected chi connectivity index (χ1v) is 18.1. The van der Waals surface area contributed by atoms with Gasteiger partial charge in [-0.05, 0) is 79.6 Å². The minimum absolute atomic E-state index is 0.0989. The van der Waals surface area contributed by atoms with Gasteiger partial charge in [0.05, 0.1) is 4.90 Å².